The first-order valence-electron chi connectivity index (χ1n) is 9.38. The average molecular weight is 431 g/mol. The van der Waals surface area contributed by atoms with E-state index in [2.05, 4.69) is 4.98 Å². The van der Waals surface area contributed by atoms with E-state index in [0.29, 0.717) is 31.8 Å². The van der Waals surface area contributed by atoms with E-state index >= 15 is 0 Å². The summed E-state index contributed by atoms with van der Waals surface area (Å²) >= 11 is 0. The Morgan fingerprint density at radius 3 is 2.43 bits per heavy atom. The predicted octanol–water partition coefficient (Wildman–Crippen LogP) is 1.82. The molecule has 1 aromatic heterocycles. The standard InChI is InChI=1S/C17H23N3O3.C2HF3O2/c1-23-12-11-19-10-6-17(16(19)22)5-2-9-20(13-17)15(21)14-3-7-18-8-4-14;3-2(4,5)1(6)7/h3-4,7-8H,2,5-6,9-13H2,1H3;(H,6,7). The lowest BCUT2D eigenvalue weighted by Gasteiger charge is -2.39. The number of halogens is 3. The molecule has 11 heteroatoms. The van der Waals surface area contributed by atoms with E-state index in [1.165, 1.54) is 0 Å². The van der Waals surface area contributed by atoms with Gasteiger partial charge < -0.3 is 19.6 Å². The molecular weight excluding hydrogens is 407 g/mol. The van der Waals surface area contributed by atoms with E-state index in [9.17, 15) is 22.8 Å². The highest BCUT2D eigenvalue weighted by atomic mass is 19.4. The van der Waals surface area contributed by atoms with E-state index in [1.54, 1.807) is 31.6 Å². The maximum absolute atomic E-state index is 12.8. The second-order valence-corrected chi connectivity index (χ2v) is 7.18. The minimum Gasteiger partial charge on any atom is -0.475 e. The molecule has 2 aliphatic heterocycles. The van der Waals surface area contributed by atoms with E-state index in [4.69, 9.17) is 14.6 Å². The van der Waals surface area contributed by atoms with Crippen LogP contribution in [0.15, 0.2) is 24.5 Å². The summed E-state index contributed by atoms with van der Waals surface area (Å²) < 4.78 is 36.8. The number of amides is 2. The van der Waals surface area contributed by atoms with Crippen LogP contribution in [0, 0.1) is 5.41 Å². The fourth-order valence-corrected chi connectivity index (χ4v) is 3.67. The Labute approximate surface area is 171 Å². The highest BCUT2D eigenvalue weighted by molar-refractivity contribution is 5.95. The van der Waals surface area contributed by atoms with Crippen LogP contribution in [0.3, 0.4) is 0 Å². The van der Waals surface area contributed by atoms with Gasteiger partial charge in [-0.05, 0) is 31.4 Å². The van der Waals surface area contributed by atoms with Gasteiger partial charge in [-0.2, -0.15) is 13.2 Å². The number of carboxylic acids is 1. The van der Waals surface area contributed by atoms with Gasteiger partial charge in [-0.15, -0.1) is 0 Å². The summed E-state index contributed by atoms with van der Waals surface area (Å²) in [6, 6.07) is 3.45. The fraction of sp³-hybridized carbons (Fsp3) is 0.579. The first-order valence-corrected chi connectivity index (χ1v) is 9.38. The lowest BCUT2D eigenvalue weighted by Crippen LogP contribution is -2.50. The molecule has 0 radical (unpaired) electrons. The van der Waals surface area contributed by atoms with Crippen molar-refractivity contribution < 1.29 is 37.4 Å². The number of rotatable bonds is 4. The van der Waals surface area contributed by atoms with Crippen LogP contribution in [0.2, 0.25) is 0 Å². The molecule has 2 saturated heterocycles. The normalized spacial score (nSPS) is 21.4. The number of ether oxygens (including phenoxy) is 1. The van der Waals surface area contributed by atoms with Crippen molar-refractivity contribution in [1.82, 2.24) is 14.8 Å². The van der Waals surface area contributed by atoms with Gasteiger partial charge in [0.25, 0.3) is 5.91 Å². The van der Waals surface area contributed by atoms with E-state index in [1.807, 2.05) is 9.80 Å². The summed E-state index contributed by atoms with van der Waals surface area (Å²) in [7, 11) is 1.64. The van der Waals surface area contributed by atoms with Crippen molar-refractivity contribution in [3.63, 3.8) is 0 Å². The van der Waals surface area contributed by atoms with Gasteiger partial charge in [0.05, 0.1) is 12.0 Å². The second-order valence-electron chi connectivity index (χ2n) is 7.18. The number of carboxylic acid groups (broad SMARTS) is 1. The van der Waals surface area contributed by atoms with Gasteiger partial charge in [0, 0.05) is 51.2 Å². The number of carbonyl (C=O) groups is 3. The summed E-state index contributed by atoms with van der Waals surface area (Å²) in [6.45, 7) is 3.20. The van der Waals surface area contributed by atoms with Gasteiger partial charge in [0.15, 0.2) is 0 Å². The van der Waals surface area contributed by atoms with Crippen LogP contribution >= 0.6 is 0 Å². The van der Waals surface area contributed by atoms with E-state index in [0.717, 1.165) is 25.8 Å². The van der Waals surface area contributed by atoms with Crippen molar-refractivity contribution in [2.45, 2.75) is 25.4 Å². The molecule has 1 spiro atoms. The number of aliphatic carboxylic acids is 1. The number of pyridine rings is 1. The first-order chi connectivity index (χ1) is 14.1. The molecule has 166 valence electrons. The summed E-state index contributed by atoms with van der Waals surface area (Å²) in [5.41, 5.74) is 0.244. The predicted molar refractivity (Wildman–Crippen MR) is 98.6 cm³/mol. The largest absolute Gasteiger partial charge is 0.490 e. The summed E-state index contributed by atoms with van der Waals surface area (Å²) in [5, 5.41) is 7.12. The molecule has 3 heterocycles. The number of methoxy groups -OCH3 is 1. The van der Waals surface area contributed by atoms with Gasteiger partial charge >= 0.3 is 12.1 Å². The molecule has 1 aromatic rings. The van der Waals surface area contributed by atoms with Crippen LogP contribution in [-0.2, 0) is 14.3 Å². The Bertz CT molecular complexity index is 760. The lowest BCUT2D eigenvalue weighted by molar-refractivity contribution is -0.192. The topological polar surface area (TPSA) is 100 Å². The molecule has 1 unspecified atom stereocenters. The monoisotopic (exact) mass is 431 g/mol. The van der Waals surface area contributed by atoms with Crippen molar-refractivity contribution in [2.24, 2.45) is 5.41 Å². The van der Waals surface area contributed by atoms with Crippen molar-refractivity contribution in [1.29, 1.82) is 0 Å². The lowest BCUT2D eigenvalue weighted by atomic mass is 9.78. The molecule has 1 N–H and O–H groups in total. The molecule has 2 fully saturated rings. The van der Waals surface area contributed by atoms with Crippen LogP contribution in [-0.4, -0.2) is 83.7 Å². The number of likely N-dealkylation sites (tertiary alicyclic amines) is 2. The molecule has 8 nitrogen and oxygen atoms in total. The molecule has 2 amide bonds. The van der Waals surface area contributed by atoms with Crippen molar-refractivity contribution in [3.05, 3.63) is 30.1 Å². The van der Waals surface area contributed by atoms with E-state index in [-0.39, 0.29) is 11.8 Å². The summed E-state index contributed by atoms with van der Waals surface area (Å²) in [5.74, 6) is -2.58. The molecule has 30 heavy (non-hydrogen) atoms. The second kappa shape index (κ2) is 9.88. The van der Waals surface area contributed by atoms with Gasteiger partial charge in [-0.1, -0.05) is 0 Å². The van der Waals surface area contributed by atoms with Gasteiger partial charge in [-0.3, -0.25) is 14.6 Å². The minimum absolute atomic E-state index is 0.00498. The Balaban J connectivity index is 0.000000396. The molecule has 3 rings (SSSR count). The minimum atomic E-state index is -5.08. The van der Waals surface area contributed by atoms with Crippen LogP contribution in [0.5, 0.6) is 0 Å². The van der Waals surface area contributed by atoms with Crippen molar-refractivity contribution >= 4 is 17.8 Å². The maximum atomic E-state index is 12.8. The van der Waals surface area contributed by atoms with Crippen LogP contribution in [0.1, 0.15) is 29.6 Å². The SMILES string of the molecule is COCCN1CCC2(CCCN(C(=O)c3ccncc3)C2)C1=O.O=C(O)C(F)(F)F. The van der Waals surface area contributed by atoms with E-state index < -0.39 is 17.6 Å². The zero-order valence-corrected chi connectivity index (χ0v) is 16.5. The quantitative estimate of drug-likeness (QED) is 0.781. The Morgan fingerprint density at radius 1 is 1.23 bits per heavy atom. The number of hydrogen-bond acceptors (Lipinski definition) is 5. The van der Waals surface area contributed by atoms with Crippen LogP contribution in [0.4, 0.5) is 13.2 Å². The molecule has 1 atom stereocenters. The summed E-state index contributed by atoms with van der Waals surface area (Å²) in [4.78, 5) is 42.0. The third-order valence-corrected chi connectivity index (χ3v) is 5.20. The molecule has 0 aromatic carbocycles. The Morgan fingerprint density at radius 2 is 1.87 bits per heavy atom. The first kappa shape index (κ1) is 23.6. The zero-order chi connectivity index (χ0) is 22.4. The molecular formula is C19H24F3N3O5. The highest BCUT2D eigenvalue weighted by Crippen LogP contribution is 2.40. The molecule has 0 saturated carbocycles. The summed E-state index contributed by atoms with van der Waals surface area (Å²) in [6.07, 6.45) is 0.742. The number of hydrogen-bond donors (Lipinski definition) is 1. The number of nitrogens with zero attached hydrogens (tertiary/aromatic N) is 3. The van der Waals surface area contributed by atoms with Crippen molar-refractivity contribution in [3.8, 4) is 0 Å². The van der Waals surface area contributed by atoms with Gasteiger partial charge in [-0.25, -0.2) is 4.79 Å². The number of piperidine rings is 1. The third kappa shape index (κ3) is 5.68. The average Bonchev–Trinajstić information content (AvgIpc) is 3.01. The Hall–Kier alpha value is -2.69. The zero-order valence-electron chi connectivity index (χ0n) is 16.5. The van der Waals surface area contributed by atoms with Crippen LogP contribution < -0.4 is 0 Å². The number of alkyl halides is 3. The van der Waals surface area contributed by atoms with Gasteiger partial charge in [0.2, 0.25) is 5.91 Å². The maximum Gasteiger partial charge on any atom is 0.490 e. The van der Waals surface area contributed by atoms with Gasteiger partial charge in [0.1, 0.15) is 0 Å². The smallest absolute Gasteiger partial charge is 0.475 e. The van der Waals surface area contributed by atoms with Crippen molar-refractivity contribution in [2.75, 3.05) is 39.9 Å². The number of carbonyl (C=O) groups excluding carboxylic acids is 2. The number of aromatic nitrogens is 1. The third-order valence-electron chi connectivity index (χ3n) is 5.20. The fourth-order valence-electron chi connectivity index (χ4n) is 3.67. The highest BCUT2D eigenvalue weighted by Gasteiger charge is 2.49. The van der Waals surface area contributed by atoms with Crippen LogP contribution in [0.25, 0.3) is 0 Å². The molecule has 0 bridgehead atoms. The molecule has 0 aliphatic carbocycles. The Kier molecular flexibility index (Phi) is 7.77. The molecule has 2 aliphatic rings.